The van der Waals surface area contributed by atoms with Crippen molar-refractivity contribution >= 4 is 5.97 Å². The second kappa shape index (κ2) is 5.25. The summed E-state index contributed by atoms with van der Waals surface area (Å²) in [4.78, 5) is 20.1. The topological polar surface area (TPSA) is 72.3 Å². The van der Waals surface area contributed by atoms with Gasteiger partial charge in [-0.05, 0) is 37.7 Å². The summed E-state index contributed by atoms with van der Waals surface area (Å²) in [6.45, 7) is 1.54. The van der Waals surface area contributed by atoms with E-state index in [1.165, 1.54) is 0 Å². The first-order valence-corrected chi connectivity index (χ1v) is 6.89. The molecule has 1 aliphatic carbocycles. The number of carbonyl (C=O) groups is 1. The third kappa shape index (κ3) is 2.61. The summed E-state index contributed by atoms with van der Waals surface area (Å²) in [6.07, 6.45) is 5.95. The zero-order chi connectivity index (χ0) is 13.2. The van der Waals surface area contributed by atoms with E-state index in [9.17, 15) is 4.79 Å². The fourth-order valence-electron chi connectivity index (χ4n) is 2.87. The minimum Gasteiger partial charge on any atom is -0.481 e. The number of aromatic nitrogens is 2. The second-order valence-corrected chi connectivity index (χ2v) is 5.39. The van der Waals surface area contributed by atoms with E-state index in [1.807, 2.05) is 6.20 Å². The molecule has 1 N–H and O–H groups in total. The zero-order valence-electron chi connectivity index (χ0n) is 10.8. The Kier molecular flexibility index (Phi) is 3.46. The minimum atomic E-state index is -0.713. The van der Waals surface area contributed by atoms with Crippen LogP contribution in [0.3, 0.4) is 0 Å². The molecule has 1 aliphatic heterocycles. The third-order valence-corrected chi connectivity index (χ3v) is 4.04. The molecule has 5 nitrogen and oxygen atoms in total. The van der Waals surface area contributed by atoms with Gasteiger partial charge in [-0.15, -0.1) is 0 Å². The molecule has 3 rings (SSSR count). The molecular formula is C14H18N2O3. The van der Waals surface area contributed by atoms with E-state index in [1.54, 1.807) is 0 Å². The van der Waals surface area contributed by atoms with Crippen molar-refractivity contribution in [1.82, 2.24) is 9.97 Å². The molecule has 1 fully saturated rings. The Hall–Kier alpha value is -1.49. The van der Waals surface area contributed by atoms with Crippen molar-refractivity contribution in [2.45, 2.75) is 38.0 Å². The van der Waals surface area contributed by atoms with Gasteiger partial charge in [0.1, 0.15) is 5.82 Å². The molecule has 0 radical (unpaired) electrons. The molecule has 19 heavy (non-hydrogen) atoms. The van der Waals surface area contributed by atoms with Crippen LogP contribution in [0.4, 0.5) is 0 Å². The van der Waals surface area contributed by atoms with E-state index < -0.39 is 5.97 Å². The SMILES string of the molecule is O=C(O)C1CCc2nc(C3CCCOC3)ncc2C1. The molecule has 0 bridgehead atoms. The Morgan fingerprint density at radius 3 is 3.05 bits per heavy atom. The molecule has 1 aromatic rings. The molecule has 1 aromatic heterocycles. The predicted molar refractivity (Wildman–Crippen MR) is 68.0 cm³/mol. The van der Waals surface area contributed by atoms with Crippen LogP contribution in [0.5, 0.6) is 0 Å². The summed E-state index contributed by atoms with van der Waals surface area (Å²) in [6, 6.07) is 0. The highest BCUT2D eigenvalue weighted by Crippen LogP contribution is 2.27. The normalized spacial score (nSPS) is 26.7. The highest BCUT2D eigenvalue weighted by molar-refractivity contribution is 5.70. The highest BCUT2D eigenvalue weighted by atomic mass is 16.5. The molecule has 0 spiro atoms. The van der Waals surface area contributed by atoms with E-state index >= 15 is 0 Å². The summed E-state index contributed by atoms with van der Waals surface area (Å²) in [7, 11) is 0. The number of aliphatic carboxylic acids is 1. The van der Waals surface area contributed by atoms with Gasteiger partial charge in [0, 0.05) is 24.4 Å². The van der Waals surface area contributed by atoms with Crippen molar-refractivity contribution in [2.24, 2.45) is 5.92 Å². The van der Waals surface area contributed by atoms with E-state index in [-0.39, 0.29) is 5.92 Å². The lowest BCUT2D eigenvalue weighted by atomic mass is 9.87. The summed E-state index contributed by atoms with van der Waals surface area (Å²) in [5.74, 6) is 0.179. The summed E-state index contributed by atoms with van der Waals surface area (Å²) >= 11 is 0. The molecule has 2 unspecified atom stereocenters. The van der Waals surface area contributed by atoms with Crippen LogP contribution in [-0.4, -0.2) is 34.3 Å². The van der Waals surface area contributed by atoms with Crippen molar-refractivity contribution in [3.05, 3.63) is 23.3 Å². The Morgan fingerprint density at radius 2 is 2.32 bits per heavy atom. The Morgan fingerprint density at radius 1 is 1.42 bits per heavy atom. The summed E-state index contributed by atoms with van der Waals surface area (Å²) in [5, 5.41) is 9.06. The standard InChI is InChI=1S/C14H18N2O3/c17-14(18)9-3-4-12-11(6-9)7-15-13(16-12)10-2-1-5-19-8-10/h7,9-10H,1-6,8H2,(H,17,18). The molecule has 2 aliphatic rings. The van der Waals surface area contributed by atoms with Gasteiger partial charge >= 0.3 is 5.97 Å². The Balaban J connectivity index is 1.79. The van der Waals surface area contributed by atoms with Crippen molar-refractivity contribution in [3.63, 3.8) is 0 Å². The Bertz CT molecular complexity index is 484. The van der Waals surface area contributed by atoms with Crippen LogP contribution in [0.2, 0.25) is 0 Å². The van der Waals surface area contributed by atoms with Crippen molar-refractivity contribution < 1.29 is 14.6 Å². The number of aryl methyl sites for hydroxylation is 1. The van der Waals surface area contributed by atoms with Gasteiger partial charge < -0.3 is 9.84 Å². The molecule has 102 valence electrons. The average Bonchev–Trinajstić information content (AvgIpc) is 2.47. The maximum atomic E-state index is 11.0. The van der Waals surface area contributed by atoms with Crippen LogP contribution in [-0.2, 0) is 22.4 Å². The Labute approximate surface area is 112 Å². The largest absolute Gasteiger partial charge is 0.481 e. The van der Waals surface area contributed by atoms with E-state index in [4.69, 9.17) is 9.84 Å². The molecular weight excluding hydrogens is 244 g/mol. The number of rotatable bonds is 2. The van der Waals surface area contributed by atoms with Gasteiger partial charge in [0.2, 0.25) is 0 Å². The molecule has 2 atom stereocenters. The maximum absolute atomic E-state index is 11.0. The molecule has 0 saturated carbocycles. The smallest absolute Gasteiger partial charge is 0.306 e. The average molecular weight is 262 g/mol. The van der Waals surface area contributed by atoms with Gasteiger partial charge in [0.25, 0.3) is 0 Å². The highest BCUT2D eigenvalue weighted by Gasteiger charge is 2.27. The quantitative estimate of drug-likeness (QED) is 0.875. The molecule has 0 amide bonds. The second-order valence-electron chi connectivity index (χ2n) is 5.39. The lowest BCUT2D eigenvalue weighted by Crippen LogP contribution is -2.25. The van der Waals surface area contributed by atoms with Crippen LogP contribution in [0, 0.1) is 5.92 Å². The first-order valence-electron chi connectivity index (χ1n) is 6.89. The van der Waals surface area contributed by atoms with Crippen LogP contribution in [0.1, 0.15) is 42.3 Å². The molecule has 0 aromatic carbocycles. The van der Waals surface area contributed by atoms with Crippen molar-refractivity contribution in [1.29, 1.82) is 0 Å². The van der Waals surface area contributed by atoms with Crippen molar-refractivity contribution in [3.8, 4) is 0 Å². The lowest BCUT2D eigenvalue weighted by Gasteiger charge is -2.24. The predicted octanol–water partition coefficient (Wildman–Crippen LogP) is 1.56. The summed E-state index contributed by atoms with van der Waals surface area (Å²) < 4.78 is 5.47. The fourth-order valence-corrected chi connectivity index (χ4v) is 2.87. The number of nitrogens with zero attached hydrogens (tertiary/aromatic N) is 2. The van der Waals surface area contributed by atoms with E-state index in [0.717, 1.165) is 43.0 Å². The van der Waals surface area contributed by atoms with Crippen LogP contribution >= 0.6 is 0 Å². The first kappa shape index (κ1) is 12.5. The minimum absolute atomic E-state index is 0.278. The fraction of sp³-hybridized carbons (Fsp3) is 0.643. The van der Waals surface area contributed by atoms with Gasteiger partial charge in [-0.25, -0.2) is 9.97 Å². The van der Waals surface area contributed by atoms with Crippen LogP contribution in [0.15, 0.2) is 6.20 Å². The number of carboxylic acid groups (broad SMARTS) is 1. The van der Waals surface area contributed by atoms with Crippen LogP contribution < -0.4 is 0 Å². The third-order valence-electron chi connectivity index (χ3n) is 4.04. The summed E-state index contributed by atoms with van der Waals surface area (Å²) in [5.41, 5.74) is 2.03. The van der Waals surface area contributed by atoms with E-state index in [2.05, 4.69) is 9.97 Å². The number of fused-ring (bicyclic) bond motifs is 1. The maximum Gasteiger partial charge on any atom is 0.306 e. The lowest BCUT2D eigenvalue weighted by molar-refractivity contribution is -0.142. The molecule has 2 heterocycles. The van der Waals surface area contributed by atoms with Crippen LogP contribution in [0.25, 0.3) is 0 Å². The van der Waals surface area contributed by atoms with Gasteiger partial charge in [-0.2, -0.15) is 0 Å². The molecule has 5 heteroatoms. The number of carboxylic acids is 1. The number of hydrogen-bond donors (Lipinski definition) is 1. The number of hydrogen-bond acceptors (Lipinski definition) is 4. The van der Waals surface area contributed by atoms with Gasteiger partial charge in [0.15, 0.2) is 0 Å². The zero-order valence-corrected chi connectivity index (χ0v) is 10.8. The van der Waals surface area contributed by atoms with Gasteiger partial charge in [-0.3, -0.25) is 4.79 Å². The van der Waals surface area contributed by atoms with Gasteiger partial charge in [-0.1, -0.05) is 0 Å². The monoisotopic (exact) mass is 262 g/mol. The van der Waals surface area contributed by atoms with E-state index in [0.29, 0.717) is 25.4 Å². The first-order chi connectivity index (χ1) is 9.24. The van der Waals surface area contributed by atoms with Crippen molar-refractivity contribution in [2.75, 3.05) is 13.2 Å². The molecule has 1 saturated heterocycles. The number of ether oxygens (including phenoxy) is 1. The van der Waals surface area contributed by atoms with Gasteiger partial charge in [0.05, 0.1) is 12.5 Å².